The molecule has 0 radical (unpaired) electrons. The van der Waals surface area contributed by atoms with Crippen molar-refractivity contribution in [3.05, 3.63) is 159 Å². The fourth-order valence-corrected chi connectivity index (χ4v) is 9.79. The second kappa shape index (κ2) is 12.5. The molecule has 6 nitrogen and oxygen atoms in total. The van der Waals surface area contributed by atoms with Crippen molar-refractivity contribution in [2.45, 2.75) is 45.2 Å². The summed E-state index contributed by atoms with van der Waals surface area (Å²) in [6.45, 7) is 6.49. The first-order chi connectivity index (χ1) is 24.5. The molecule has 1 saturated heterocycles. The van der Waals surface area contributed by atoms with Gasteiger partial charge in [0.15, 0.2) is 0 Å². The number of aromatic nitrogens is 2. The molecule has 7 unspecified atom stereocenters. The zero-order chi connectivity index (χ0) is 35.8. The van der Waals surface area contributed by atoms with Crippen molar-refractivity contribution in [1.29, 1.82) is 0 Å². The van der Waals surface area contributed by atoms with Crippen LogP contribution in [0.4, 0.5) is 5.69 Å². The van der Waals surface area contributed by atoms with Crippen molar-refractivity contribution in [3.8, 4) is 5.69 Å². The van der Waals surface area contributed by atoms with Gasteiger partial charge in [-0.1, -0.05) is 78.4 Å². The summed E-state index contributed by atoms with van der Waals surface area (Å²) in [5.41, 5.74) is 9.93. The van der Waals surface area contributed by atoms with E-state index >= 15 is 4.79 Å². The first-order valence-electron chi connectivity index (χ1n) is 18.3. The number of Topliss-reactive ketones (excluding diaryl/α,β-unsaturated/α-hetero) is 1. The van der Waals surface area contributed by atoms with E-state index in [0.717, 1.165) is 33.7 Å². The summed E-state index contributed by atoms with van der Waals surface area (Å²) in [6, 6.07) is 29.6. The molecule has 1 aliphatic heterocycles. The lowest BCUT2D eigenvalue weighted by Crippen LogP contribution is -2.53. The lowest BCUT2D eigenvalue weighted by atomic mass is 9.54. The third kappa shape index (κ3) is 5.30. The Balaban J connectivity index is 1.44. The van der Waals surface area contributed by atoms with E-state index in [2.05, 4.69) is 119 Å². The molecule has 1 N–H and O–H groups in total. The molecule has 4 aromatic rings. The van der Waals surface area contributed by atoms with Gasteiger partial charge in [-0.15, -0.1) is 0 Å². The first-order valence-corrected chi connectivity index (χ1v) is 18.3. The fourth-order valence-electron chi connectivity index (χ4n) is 9.79. The lowest BCUT2D eigenvalue weighted by Gasteiger charge is -2.49. The Morgan fingerprint density at radius 1 is 0.804 bits per heavy atom. The Kier molecular flexibility index (Phi) is 8.16. The van der Waals surface area contributed by atoms with Gasteiger partial charge in [-0.25, -0.2) is 4.68 Å². The van der Waals surface area contributed by atoms with Crippen LogP contribution < -0.4 is 15.4 Å². The van der Waals surface area contributed by atoms with Crippen molar-refractivity contribution < 1.29 is 4.79 Å². The summed E-state index contributed by atoms with van der Waals surface area (Å²) in [4.78, 5) is 30.0. The number of quaternary nitrogens is 1. The molecule has 0 amide bonds. The Hall–Kier alpha value is -4.78. The maximum Gasteiger partial charge on any atom is 0.279 e. The predicted octanol–water partition coefficient (Wildman–Crippen LogP) is 7.52. The summed E-state index contributed by atoms with van der Waals surface area (Å²) >= 11 is 0. The number of carbonyl (C=O) groups excluding carboxylic acids is 1. The van der Waals surface area contributed by atoms with Gasteiger partial charge in [-0.2, -0.15) is 0 Å². The fraction of sp³-hybridized carbons (Fsp3) is 0.333. The molecule has 2 fully saturated rings. The van der Waals surface area contributed by atoms with Crippen molar-refractivity contribution in [2.24, 2.45) is 30.7 Å². The average molecular weight is 678 g/mol. The van der Waals surface area contributed by atoms with Crippen LogP contribution in [0, 0.1) is 30.6 Å². The molecule has 3 aliphatic carbocycles. The van der Waals surface area contributed by atoms with Crippen LogP contribution in [-0.4, -0.2) is 48.4 Å². The second-order valence-corrected chi connectivity index (χ2v) is 15.9. The SMILES string of the molecule is CC1=C(C)C(c2ccccc2)C2C(C(=O)CC3C4C=CC=CC4NC32)C1=C(c1ccc([N+](C)(C)C)cc1)c1c(C)n(C)n(-c2ccccc2)c1=O. The highest BCUT2D eigenvalue weighted by Gasteiger charge is 2.57. The molecule has 1 aromatic heterocycles. The molecule has 6 heteroatoms. The number of hydrogen-bond acceptors (Lipinski definition) is 3. The Bertz CT molecular complexity index is 2190. The first kappa shape index (κ1) is 33.4. The average Bonchev–Trinajstić information content (AvgIpc) is 3.60. The number of benzene rings is 3. The number of nitrogens with zero attached hydrogens (tertiary/aromatic N) is 3. The second-order valence-electron chi connectivity index (χ2n) is 15.9. The molecule has 7 atom stereocenters. The molecule has 4 aliphatic rings. The summed E-state index contributed by atoms with van der Waals surface area (Å²) < 4.78 is 4.41. The molecule has 3 aromatic carbocycles. The minimum Gasteiger partial charge on any atom is -0.307 e. The summed E-state index contributed by atoms with van der Waals surface area (Å²) in [5, 5.41) is 4.06. The number of hydrogen-bond donors (Lipinski definition) is 1. The summed E-state index contributed by atoms with van der Waals surface area (Å²) in [5.74, 6) is 0.468. The van der Waals surface area contributed by atoms with Gasteiger partial charge in [0.25, 0.3) is 5.56 Å². The zero-order valence-electron chi connectivity index (χ0n) is 30.8. The minimum atomic E-state index is -0.377. The molecule has 260 valence electrons. The number of carbonyl (C=O) groups is 1. The van der Waals surface area contributed by atoms with Crippen LogP contribution in [0.1, 0.15) is 48.6 Å². The standard InChI is InChI=1S/C45H49N4O2/c1-27-28(2)39(42-37(50)26-35-34-20-14-15-21-36(34)46-44(35)43(42)38(27)30-16-10-8-11-17-30)41(31-22-24-33(25-23-31)49(5,6)7)40-29(3)47(4)48(45(40)51)32-18-12-9-13-19-32/h8-25,34-36,38,42-44,46H,26H2,1-7H3/q+1. The van der Waals surface area contributed by atoms with Gasteiger partial charge in [-0.3, -0.25) is 18.8 Å². The van der Waals surface area contributed by atoms with E-state index < -0.39 is 0 Å². The van der Waals surface area contributed by atoms with Crippen molar-refractivity contribution in [1.82, 2.24) is 19.2 Å². The highest BCUT2D eigenvalue weighted by atomic mass is 16.1. The van der Waals surface area contributed by atoms with Gasteiger partial charge >= 0.3 is 0 Å². The van der Waals surface area contributed by atoms with Crippen LogP contribution in [-0.2, 0) is 11.8 Å². The predicted molar refractivity (Wildman–Crippen MR) is 208 cm³/mol. The monoisotopic (exact) mass is 677 g/mol. The molecule has 1 saturated carbocycles. The van der Waals surface area contributed by atoms with Crippen molar-refractivity contribution in [3.63, 3.8) is 0 Å². The van der Waals surface area contributed by atoms with Crippen LogP contribution in [0.15, 0.2) is 131 Å². The Labute approximate surface area is 301 Å². The largest absolute Gasteiger partial charge is 0.307 e. The molecular weight excluding hydrogens is 629 g/mol. The number of rotatable bonds is 5. The van der Waals surface area contributed by atoms with Gasteiger partial charge in [-0.05, 0) is 91.3 Å². The molecular formula is C45H49N4O2+. The smallest absolute Gasteiger partial charge is 0.279 e. The number of allylic oxidation sites excluding steroid dienone is 5. The van der Waals surface area contributed by atoms with Crippen LogP contribution >= 0.6 is 0 Å². The highest BCUT2D eigenvalue weighted by Crippen LogP contribution is 2.57. The van der Waals surface area contributed by atoms with Gasteiger partial charge in [0.05, 0.1) is 32.4 Å². The number of ketones is 1. The minimum absolute atomic E-state index is 0.00867. The van der Waals surface area contributed by atoms with Gasteiger partial charge < -0.3 is 5.32 Å². The van der Waals surface area contributed by atoms with Crippen LogP contribution in [0.25, 0.3) is 11.3 Å². The van der Waals surface area contributed by atoms with E-state index in [1.807, 2.05) is 49.0 Å². The maximum absolute atomic E-state index is 15.1. The summed E-state index contributed by atoms with van der Waals surface area (Å²) in [6.07, 6.45) is 9.38. The quantitative estimate of drug-likeness (QED) is 0.223. The van der Waals surface area contributed by atoms with E-state index in [4.69, 9.17) is 0 Å². The number of nitrogens with one attached hydrogen (secondary N) is 1. The maximum atomic E-state index is 15.1. The molecule has 51 heavy (non-hydrogen) atoms. The van der Waals surface area contributed by atoms with Gasteiger partial charge in [0.2, 0.25) is 0 Å². The lowest BCUT2D eigenvalue weighted by molar-refractivity contribution is -0.128. The Morgan fingerprint density at radius 3 is 2.12 bits per heavy atom. The van der Waals surface area contributed by atoms with Crippen LogP contribution in [0.3, 0.4) is 0 Å². The van der Waals surface area contributed by atoms with Crippen LogP contribution in [0.2, 0.25) is 0 Å². The van der Waals surface area contributed by atoms with Crippen molar-refractivity contribution in [2.75, 3.05) is 21.1 Å². The van der Waals surface area contributed by atoms with E-state index in [0.29, 0.717) is 16.5 Å². The molecule has 2 heterocycles. The van der Waals surface area contributed by atoms with E-state index in [1.54, 1.807) is 4.68 Å². The van der Waals surface area contributed by atoms with E-state index in [-0.39, 0.29) is 53.0 Å². The topological polar surface area (TPSA) is 56.0 Å². The van der Waals surface area contributed by atoms with Crippen molar-refractivity contribution >= 4 is 17.0 Å². The normalized spacial score (nSPS) is 28.1. The van der Waals surface area contributed by atoms with Gasteiger partial charge in [0, 0.05) is 54.6 Å². The molecule has 8 rings (SSSR count). The van der Waals surface area contributed by atoms with Gasteiger partial charge in [0.1, 0.15) is 11.5 Å². The number of para-hydroxylation sites is 1. The third-order valence-corrected chi connectivity index (χ3v) is 12.4. The highest BCUT2D eigenvalue weighted by molar-refractivity contribution is 5.95. The van der Waals surface area contributed by atoms with E-state index in [9.17, 15) is 4.79 Å². The molecule has 0 bridgehead atoms. The van der Waals surface area contributed by atoms with E-state index in [1.165, 1.54) is 16.8 Å². The zero-order valence-corrected chi connectivity index (χ0v) is 30.8. The summed E-state index contributed by atoms with van der Waals surface area (Å²) in [7, 11) is 8.44. The molecule has 0 spiro atoms. The number of fused-ring (bicyclic) bond motifs is 5. The Morgan fingerprint density at radius 2 is 1.45 bits per heavy atom. The van der Waals surface area contributed by atoms with Crippen LogP contribution in [0.5, 0.6) is 0 Å². The third-order valence-electron chi connectivity index (χ3n) is 12.4.